The summed E-state index contributed by atoms with van der Waals surface area (Å²) in [6.45, 7) is 1.88. The third kappa shape index (κ3) is 6.46. The lowest BCUT2D eigenvalue weighted by Gasteiger charge is -2.46. The molecule has 3 unspecified atom stereocenters. The molecule has 2 aliphatic rings. The Morgan fingerprint density at radius 3 is 2.44 bits per heavy atom. The van der Waals surface area contributed by atoms with E-state index in [-0.39, 0.29) is 17.5 Å². The van der Waals surface area contributed by atoms with Crippen molar-refractivity contribution in [2.45, 2.75) is 62.4 Å². The maximum absolute atomic E-state index is 13.4. The Kier molecular flexibility index (Phi) is 8.75. The Balaban J connectivity index is 1.38. The first-order chi connectivity index (χ1) is 19.7. The maximum Gasteiger partial charge on any atom is 0.416 e. The first kappa shape index (κ1) is 29.2. The van der Waals surface area contributed by atoms with Crippen LogP contribution in [0.3, 0.4) is 0 Å². The molecular formula is C32H36F3N3O2S. The summed E-state index contributed by atoms with van der Waals surface area (Å²) in [6, 6.07) is 22.2. The monoisotopic (exact) mass is 583 g/mol. The SMILES string of the molecule is COc1ccc(C23CCC(NC(=S)NCc4ccccc4)CC2N(Cc2cccc(C(F)(F)F)c2)CC3)cc1OC. The van der Waals surface area contributed by atoms with Crippen molar-refractivity contribution in [1.29, 1.82) is 0 Å². The van der Waals surface area contributed by atoms with Gasteiger partial charge in [0.05, 0.1) is 19.8 Å². The number of benzene rings is 3. The molecule has 9 heteroatoms. The van der Waals surface area contributed by atoms with E-state index in [9.17, 15) is 13.2 Å². The van der Waals surface area contributed by atoms with E-state index in [2.05, 4.69) is 39.8 Å². The molecule has 0 spiro atoms. The van der Waals surface area contributed by atoms with Crippen LogP contribution in [-0.4, -0.2) is 42.9 Å². The van der Waals surface area contributed by atoms with Crippen LogP contribution < -0.4 is 20.1 Å². The van der Waals surface area contributed by atoms with Gasteiger partial charge in [-0.3, -0.25) is 4.90 Å². The van der Waals surface area contributed by atoms with Gasteiger partial charge in [-0.15, -0.1) is 0 Å². The normalized spacial score (nSPS) is 22.6. The highest BCUT2D eigenvalue weighted by Gasteiger charge is 2.51. The van der Waals surface area contributed by atoms with Crippen LogP contribution in [0.4, 0.5) is 13.2 Å². The number of halogens is 3. The zero-order valence-electron chi connectivity index (χ0n) is 23.3. The summed E-state index contributed by atoms with van der Waals surface area (Å²) in [5, 5.41) is 7.45. The first-order valence-electron chi connectivity index (χ1n) is 13.9. The van der Waals surface area contributed by atoms with Gasteiger partial charge in [0.15, 0.2) is 16.6 Å². The Hall–Kier alpha value is -3.30. The maximum atomic E-state index is 13.4. The fraction of sp³-hybridized carbons (Fsp3) is 0.406. The molecule has 0 radical (unpaired) electrons. The van der Waals surface area contributed by atoms with Crippen LogP contribution in [0.15, 0.2) is 72.8 Å². The average Bonchev–Trinajstić information content (AvgIpc) is 3.34. The summed E-state index contributed by atoms with van der Waals surface area (Å²) >= 11 is 5.65. The number of hydrogen-bond donors (Lipinski definition) is 2. The lowest BCUT2D eigenvalue weighted by Crippen LogP contribution is -2.53. The lowest BCUT2D eigenvalue weighted by atomic mass is 9.65. The van der Waals surface area contributed by atoms with Crippen LogP contribution in [0.1, 0.15) is 47.9 Å². The molecule has 41 heavy (non-hydrogen) atoms. The van der Waals surface area contributed by atoms with E-state index in [1.54, 1.807) is 20.3 Å². The molecule has 2 N–H and O–H groups in total. The summed E-state index contributed by atoms with van der Waals surface area (Å²) in [5.41, 5.74) is 2.22. The molecule has 3 atom stereocenters. The minimum atomic E-state index is -4.37. The number of nitrogens with zero attached hydrogens (tertiary/aromatic N) is 1. The van der Waals surface area contributed by atoms with Crippen LogP contribution >= 0.6 is 12.2 Å². The van der Waals surface area contributed by atoms with Gasteiger partial charge in [-0.05, 0) is 79.3 Å². The molecule has 3 aromatic rings. The molecule has 1 saturated carbocycles. The second kappa shape index (κ2) is 12.3. The van der Waals surface area contributed by atoms with Gasteiger partial charge >= 0.3 is 6.18 Å². The predicted molar refractivity (Wildman–Crippen MR) is 158 cm³/mol. The number of methoxy groups -OCH3 is 2. The van der Waals surface area contributed by atoms with Gasteiger partial charge in [-0.25, -0.2) is 0 Å². The molecule has 0 bridgehead atoms. The largest absolute Gasteiger partial charge is 0.493 e. The van der Waals surface area contributed by atoms with Crippen LogP contribution in [0, 0.1) is 0 Å². The summed E-state index contributed by atoms with van der Waals surface area (Å²) in [6.07, 6.45) is -0.788. The van der Waals surface area contributed by atoms with Gasteiger partial charge in [0.25, 0.3) is 0 Å². The molecule has 5 nitrogen and oxygen atoms in total. The quantitative estimate of drug-likeness (QED) is 0.297. The topological polar surface area (TPSA) is 45.8 Å². The van der Waals surface area contributed by atoms with E-state index in [1.165, 1.54) is 17.7 Å². The van der Waals surface area contributed by atoms with Crippen molar-refractivity contribution in [2.24, 2.45) is 0 Å². The van der Waals surface area contributed by atoms with Gasteiger partial charge in [0.1, 0.15) is 0 Å². The van der Waals surface area contributed by atoms with Gasteiger partial charge < -0.3 is 20.1 Å². The molecular weight excluding hydrogens is 547 g/mol. The van der Waals surface area contributed by atoms with Crippen molar-refractivity contribution in [2.75, 3.05) is 20.8 Å². The number of nitrogens with one attached hydrogen (secondary N) is 2. The number of hydrogen-bond acceptors (Lipinski definition) is 4. The minimum absolute atomic E-state index is 0.110. The van der Waals surface area contributed by atoms with E-state index in [0.717, 1.165) is 43.9 Å². The summed E-state index contributed by atoms with van der Waals surface area (Å²) in [4.78, 5) is 2.35. The van der Waals surface area contributed by atoms with Gasteiger partial charge in [-0.2, -0.15) is 13.2 Å². The number of thiocarbonyl (C=S) groups is 1. The molecule has 1 aliphatic heterocycles. The molecule has 3 aromatic carbocycles. The van der Waals surface area contributed by atoms with Crippen molar-refractivity contribution in [3.05, 3.63) is 95.1 Å². The molecule has 1 heterocycles. The summed E-state index contributed by atoms with van der Waals surface area (Å²) < 4.78 is 51.5. The Morgan fingerprint density at radius 1 is 0.951 bits per heavy atom. The fourth-order valence-corrected chi connectivity index (χ4v) is 6.78. The number of alkyl halides is 3. The molecule has 0 amide bonds. The van der Waals surface area contributed by atoms with Gasteiger partial charge in [-0.1, -0.05) is 54.6 Å². The molecule has 1 aliphatic carbocycles. The second-order valence-electron chi connectivity index (χ2n) is 10.9. The number of fused-ring (bicyclic) bond motifs is 1. The van der Waals surface area contributed by atoms with Crippen LogP contribution in [0.5, 0.6) is 11.5 Å². The summed E-state index contributed by atoms with van der Waals surface area (Å²) in [5.74, 6) is 1.36. The Labute approximate surface area is 245 Å². The van der Waals surface area contributed by atoms with Gasteiger partial charge in [0.2, 0.25) is 0 Å². The minimum Gasteiger partial charge on any atom is -0.493 e. The number of likely N-dealkylation sites (tertiary alicyclic amines) is 1. The first-order valence-corrected chi connectivity index (χ1v) is 14.3. The average molecular weight is 584 g/mol. The fourth-order valence-electron chi connectivity index (χ4n) is 6.54. The smallest absolute Gasteiger partial charge is 0.416 e. The zero-order chi connectivity index (χ0) is 29.0. The molecule has 5 rings (SSSR count). The number of rotatable bonds is 8. The highest BCUT2D eigenvalue weighted by atomic mass is 32.1. The van der Waals surface area contributed by atoms with E-state index < -0.39 is 11.7 Å². The Morgan fingerprint density at radius 2 is 1.71 bits per heavy atom. The standard InChI is InChI=1S/C32H36F3N3O2S/c1-39-27-12-11-24(18-28(27)40-2)31-14-13-26(37-30(41)36-20-22-7-4-3-5-8-22)19-29(31)38(16-15-31)21-23-9-6-10-25(17-23)32(33,34)35/h3-12,17-18,26,29H,13-16,19-21H2,1-2H3,(H2,36,37,41). The highest BCUT2D eigenvalue weighted by Crippen LogP contribution is 2.50. The molecule has 1 saturated heterocycles. The van der Waals surface area contributed by atoms with Crippen molar-refractivity contribution in [1.82, 2.24) is 15.5 Å². The van der Waals surface area contributed by atoms with Gasteiger partial charge in [0, 0.05) is 30.6 Å². The van der Waals surface area contributed by atoms with Crippen LogP contribution in [0.2, 0.25) is 0 Å². The summed E-state index contributed by atoms with van der Waals surface area (Å²) in [7, 11) is 3.26. The van der Waals surface area contributed by atoms with Crippen molar-refractivity contribution in [3.8, 4) is 11.5 Å². The zero-order valence-corrected chi connectivity index (χ0v) is 24.2. The Bertz CT molecular complexity index is 1350. The predicted octanol–water partition coefficient (Wildman–Crippen LogP) is 6.45. The number of ether oxygens (including phenoxy) is 2. The van der Waals surface area contributed by atoms with E-state index in [4.69, 9.17) is 21.7 Å². The lowest BCUT2D eigenvalue weighted by molar-refractivity contribution is -0.137. The molecule has 0 aromatic heterocycles. The van der Waals surface area contributed by atoms with Crippen LogP contribution in [-0.2, 0) is 24.7 Å². The van der Waals surface area contributed by atoms with Crippen molar-refractivity contribution in [3.63, 3.8) is 0 Å². The van der Waals surface area contributed by atoms with E-state index >= 15 is 0 Å². The second-order valence-corrected chi connectivity index (χ2v) is 11.4. The van der Waals surface area contributed by atoms with E-state index in [1.807, 2.05) is 24.3 Å². The third-order valence-electron chi connectivity index (χ3n) is 8.60. The molecule has 218 valence electrons. The van der Waals surface area contributed by atoms with Crippen molar-refractivity contribution >= 4 is 17.3 Å². The third-order valence-corrected chi connectivity index (χ3v) is 8.86. The van der Waals surface area contributed by atoms with Crippen LogP contribution in [0.25, 0.3) is 0 Å². The molecule has 2 fully saturated rings. The van der Waals surface area contributed by atoms with Crippen molar-refractivity contribution < 1.29 is 22.6 Å². The van der Waals surface area contributed by atoms with E-state index in [0.29, 0.717) is 35.3 Å². The highest BCUT2D eigenvalue weighted by molar-refractivity contribution is 7.80.